The predicted molar refractivity (Wildman–Crippen MR) is 182 cm³/mol. The summed E-state index contributed by atoms with van der Waals surface area (Å²) in [5, 5.41) is 0. The van der Waals surface area contributed by atoms with Gasteiger partial charge in [0, 0.05) is 67.3 Å². The molecular formula is C38H39N3O3S. The molecule has 0 aliphatic carbocycles. The number of nitrogens with zero attached hydrogens (tertiary/aromatic N) is 2. The molecular weight excluding hydrogens is 579 g/mol. The maximum atomic E-state index is 12.6. The number of carbonyl (C=O) groups is 1. The van der Waals surface area contributed by atoms with E-state index in [9.17, 15) is 4.79 Å². The first-order valence-electron chi connectivity index (χ1n) is 15.7. The van der Waals surface area contributed by atoms with Crippen LogP contribution < -0.4 is 14.4 Å². The van der Waals surface area contributed by atoms with E-state index in [-0.39, 0.29) is 12.2 Å². The Hall–Kier alpha value is -4.22. The molecule has 2 aliphatic heterocycles. The molecule has 0 bridgehead atoms. The molecule has 1 unspecified atom stereocenters. The van der Waals surface area contributed by atoms with Crippen LogP contribution >= 0.6 is 11.9 Å². The molecule has 6 rings (SSSR count). The molecule has 2 fully saturated rings. The van der Waals surface area contributed by atoms with Crippen molar-refractivity contribution in [3.8, 4) is 17.6 Å². The summed E-state index contributed by atoms with van der Waals surface area (Å²) in [7, 11) is 0. The Labute approximate surface area is 270 Å². The highest BCUT2D eigenvalue weighted by Gasteiger charge is 2.19. The number of anilines is 1. The monoisotopic (exact) mass is 617 g/mol. The fourth-order valence-corrected chi connectivity index (χ4v) is 6.22. The van der Waals surface area contributed by atoms with Crippen molar-refractivity contribution in [1.82, 2.24) is 9.62 Å². The van der Waals surface area contributed by atoms with Gasteiger partial charge in [0.25, 0.3) is 5.91 Å². The summed E-state index contributed by atoms with van der Waals surface area (Å²) in [6.45, 7) is 5.44. The lowest BCUT2D eigenvalue weighted by Crippen LogP contribution is -2.46. The Kier molecular flexibility index (Phi) is 10.7. The number of carbonyl (C=O) groups excluding carboxylic acids is 1. The van der Waals surface area contributed by atoms with Crippen molar-refractivity contribution in [3.05, 3.63) is 131 Å². The summed E-state index contributed by atoms with van der Waals surface area (Å²) < 4.78 is 14.6. The molecule has 0 saturated carbocycles. The first kappa shape index (κ1) is 30.8. The van der Waals surface area contributed by atoms with Gasteiger partial charge >= 0.3 is 0 Å². The molecule has 1 N–H and O–H groups in total. The molecule has 2 heterocycles. The van der Waals surface area contributed by atoms with Gasteiger partial charge in [-0.15, -0.1) is 0 Å². The van der Waals surface area contributed by atoms with Gasteiger partial charge in [0.2, 0.25) is 0 Å². The fourth-order valence-electron chi connectivity index (χ4n) is 5.54. The maximum absolute atomic E-state index is 12.6. The summed E-state index contributed by atoms with van der Waals surface area (Å²) in [4.78, 5) is 17.5. The normalized spacial score (nSPS) is 16.8. The number of amides is 1. The zero-order chi connectivity index (χ0) is 30.7. The third kappa shape index (κ3) is 8.92. The fraction of sp³-hybridized carbons (Fsp3) is 0.289. The highest BCUT2D eigenvalue weighted by atomic mass is 32.2. The van der Waals surface area contributed by atoms with Gasteiger partial charge in [-0.1, -0.05) is 60.4 Å². The summed E-state index contributed by atoms with van der Waals surface area (Å²) >= 11 is 1.42. The topological polar surface area (TPSA) is 54.0 Å². The van der Waals surface area contributed by atoms with Crippen LogP contribution in [0.5, 0.6) is 5.75 Å². The number of rotatable bonds is 9. The summed E-state index contributed by atoms with van der Waals surface area (Å²) in [6.07, 6.45) is 3.06. The molecule has 7 heteroatoms. The van der Waals surface area contributed by atoms with Crippen molar-refractivity contribution in [3.63, 3.8) is 0 Å². The molecule has 0 aromatic heterocycles. The van der Waals surface area contributed by atoms with Gasteiger partial charge in [0.05, 0.1) is 6.61 Å². The van der Waals surface area contributed by atoms with Crippen LogP contribution in [0.3, 0.4) is 0 Å². The van der Waals surface area contributed by atoms with Crippen molar-refractivity contribution in [2.75, 3.05) is 37.7 Å². The zero-order valence-electron chi connectivity index (χ0n) is 25.5. The minimum Gasteiger partial charge on any atom is -0.465 e. The van der Waals surface area contributed by atoms with Crippen LogP contribution in [0.25, 0.3) is 0 Å². The van der Waals surface area contributed by atoms with Crippen molar-refractivity contribution in [2.45, 2.75) is 37.9 Å². The average molecular weight is 618 g/mol. The first-order chi connectivity index (χ1) is 22.2. The molecule has 0 radical (unpaired) electrons. The maximum Gasteiger partial charge on any atom is 0.261 e. The van der Waals surface area contributed by atoms with Gasteiger partial charge < -0.3 is 14.4 Å². The highest BCUT2D eigenvalue weighted by molar-refractivity contribution is 7.97. The van der Waals surface area contributed by atoms with Crippen LogP contribution in [0, 0.1) is 11.8 Å². The second-order valence-corrected chi connectivity index (χ2v) is 12.1. The van der Waals surface area contributed by atoms with E-state index >= 15 is 0 Å². The third-order valence-corrected chi connectivity index (χ3v) is 8.93. The smallest absolute Gasteiger partial charge is 0.261 e. The van der Waals surface area contributed by atoms with Gasteiger partial charge in [-0.2, -0.15) is 0 Å². The van der Waals surface area contributed by atoms with Crippen LogP contribution in [0.2, 0.25) is 0 Å². The van der Waals surface area contributed by atoms with Gasteiger partial charge in [-0.05, 0) is 90.5 Å². The van der Waals surface area contributed by atoms with E-state index in [1.807, 2.05) is 54.6 Å². The molecule has 2 aliphatic rings. The van der Waals surface area contributed by atoms with Crippen molar-refractivity contribution in [2.24, 2.45) is 0 Å². The van der Waals surface area contributed by atoms with Crippen LogP contribution in [-0.2, 0) is 17.0 Å². The molecule has 6 nitrogen and oxygen atoms in total. The number of benzene rings is 4. The van der Waals surface area contributed by atoms with Crippen LogP contribution in [-0.4, -0.2) is 49.9 Å². The predicted octanol–water partition coefficient (Wildman–Crippen LogP) is 6.89. The molecule has 45 heavy (non-hydrogen) atoms. The third-order valence-electron chi connectivity index (χ3n) is 8.13. The van der Waals surface area contributed by atoms with Crippen LogP contribution in [0.4, 0.5) is 5.69 Å². The van der Waals surface area contributed by atoms with Gasteiger partial charge in [0.15, 0.2) is 6.29 Å². The summed E-state index contributed by atoms with van der Waals surface area (Å²) in [6, 6.07) is 34.5. The number of piperazine rings is 1. The Morgan fingerprint density at radius 3 is 2.36 bits per heavy atom. The highest BCUT2D eigenvalue weighted by Crippen LogP contribution is 2.21. The lowest BCUT2D eigenvalue weighted by Gasteiger charge is -2.36. The molecule has 2 saturated heterocycles. The second-order valence-electron chi connectivity index (χ2n) is 11.4. The van der Waals surface area contributed by atoms with Gasteiger partial charge in [0.1, 0.15) is 5.75 Å². The Morgan fingerprint density at radius 2 is 1.60 bits per heavy atom. The van der Waals surface area contributed by atoms with E-state index in [1.165, 1.54) is 23.1 Å². The molecule has 4 aromatic carbocycles. The average Bonchev–Trinajstić information content (AvgIpc) is 3.10. The molecule has 1 atom stereocenters. The van der Waals surface area contributed by atoms with E-state index in [0.717, 1.165) is 86.9 Å². The van der Waals surface area contributed by atoms with Gasteiger partial charge in [-0.3, -0.25) is 14.4 Å². The van der Waals surface area contributed by atoms with E-state index in [4.69, 9.17) is 9.47 Å². The van der Waals surface area contributed by atoms with E-state index < -0.39 is 0 Å². The minimum atomic E-state index is -0.141. The lowest BCUT2D eigenvalue weighted by molar-refractivity contribution is -0.105. The molecule has 0 spiro atoms. The molecule has 1 amide bonds. The number of hydrogen-bond acceptors (Lipinski definition) is 6. The lowest BCUT2D eigenvalue weighted by atomic mass is 10.1. The number of hydrogen-bond donors (Lipinski definition) is 1. The van der Waals surface area contributed by atoms with Crippen molar-refractivity contribution in [1.29, 1.82) is 0 Å². The number of nitrogens with one attached hydrogen (secondary N) is 1. The first-order valence-corrected chi connectivity index (χ1v) is 16.7. The van der Waals surface area contributed by atoms with Crippen LogP contribution in [0.15, 0.2) is 103 Å². The molecule has 4 aromatic rings. The summed E-state index contributed by atoms with van der Waals surface area (Å²) in [5.74, 6) is 8.24. The summed E-state index contributed by atoms with van der Waals surface area (Å²) in [5.41, 5.74) is 6.28. The van der Waals surface area contributed by atoms with E-state index in [0.29, 0.717) is 5.56 Å². The Bertz CT molecular complexity index is 1590. The standard InChI is InChI=1S/C38H39N3O3S/c42-38(39-45-29-31-8-2-1-3-9-31)33-17-19-35(20-18-33)41-25-23-40(24-26-41)28-34-11-5-4-10-32(34)16-13-30-14-21-36(22-15-30)44-37-12-6-7-27-43-37/h1-5,8-11,14-15,17-22,37H,6-7,12,23-29H2,(H,39,42). The second kappa shape index (κ2) is 15.7. The van der Waals surface area contributed by atoms with E-state index in [1.54, 1.807) is 0 Å². The Morgan fingerprint density at radius 1 is 0.844 bits per heavy atom. The quantitative estimate of drug-likeness (QED) is 0.163. The molecule has 230 valence electrons. The van der Waals surface area contributed by atoms with Gasteiger partial charge in [-0.25, -0.2) is 0 Å². The van der Waals surface area contributed by atoms with Crippen molar-refractivity contribution >= 4 is 23.5 Å². The van der Waals surface area contributed by atoms with Crippen molar-refractivity contribution < 1.29 is 14.3 Å². The largest absolute Gasteiger partial charge is 0.465 e. The zero-order valence-corrected chi connectivity index (χ0v) is 26.3. The minimum absolute atomic E-state index is 0.0649. The SMILES string of the molecule is O=C(NSCc1ccccc1)c1ccc(N2CCN(Cc3ccccc3C#Cc3ccc(OC4CCCCO4)cc3)CC2)cc1. The van der Waals surface area contributed by atoms with Crippen LogP contribution in [0.1, 0.15) is 51.9 Å². The van der Waals surface area contributed by atoms with E-state index in [2.05, 4.69) is 74.9 Å². The number of ether oxygens (including phenoxy) is 2. The Balaban J connectivity index is 0.978.